The molecule has 1 rings (SSSR count). The topological polar surface area (TPSA) is 30.0 Å². The number of alkyl halides is 9. The summed E-state index contributed by atoms with van der Waals surface area (Å²) >= 11 is 1.15. The van der Waals surface area contributed by atoms with Crippen LogP contribution >= 0.6 is 11.8 Å². The van der Waals surface area contributed by atoms with Crippen molar-refractivity contribution in [3.8, 4) is 0 Å². The number of rotatable bonds is 7. The molecule has 0 saturated heterocycles. The molecule has 1 aromatic rings. The second kappa shape index (κ2) is 7.04. The molecule has 0 spiro atoms. The number of Topliss-reactive ketones (excluding diaryl/α,β-unsaturated/α-hetero) is 1. The zero-order valence-electron chi connectivity index (χ0n) is 12.3. The number of nitrogens with zero attached hydrogens (tertiary/aromatic N) is 1. The van der Waals surface area contributed by atoms with Gasteiger partial charge < -0.3 is 0 Å². The molecule has 25 heavy (non-hydrogen) atoms. The maximum atomic E-state index is 13.6. The van der Waals surface area contributed by atoms with Gasteiger partial charge in [-0.15, -0.1) is 0 Å². The SMILES string of the molecule is CCSCC(=O)c1ccc(C(F)(F)C(F)(F)C(F)(F)C(F)(F)F)cn1. The number of carbonyl (C=O) groups is 1. The van der Waals surface area contributed by atoms with Gasteiger partial charge in [-0.25, -0.2) is 0 Å². The maximum Gasteiger partial charge on any atom is 0.460 e. The van der Waals surface area contributed by atoms with E-state index in [2.05, 4.69) is 4.98 Å². The van der Waals surface area contributed by atoms with E-state index in [1.54, 1.807) is 6.92 Å². The summed E-state index contributed by atoms with van der Waals surface area (Å²) in [6.07, 6.45) is -6.91. The van der Waals surface area contributed by atoms with Crippen LogP contribution in [0, 0.1) is 0 Å². The Morgan fingerprint density at radius 1 is 1.00 bits per heavy atom. The van der Waals surface area contributed by atoms with Crippen molar-refractivity contribution in [3.05, 3.63) is 29.6 Å². The molecule has 0 bridgehead atoms. The van der Waals surface area contributed by atoms with Crippen molar-refractivity contribution >= 4 is 17.5 Å². The van der Waals surface area contributed by atoms with Gasteiger partial charge in [0.05, 0.1) is 5.75 Å². The Bertz CT molecular complexity index is 613. The third-order valence-corrected chi connectivity index (χ3v) is 3.87. The first kappa shape index (κ1) is 21.6. The number of ketones is 1. The molecule has 12 heteroatoms. The summed E-state index contributed by atoms with van der Waals surface area (Å²) < 4.78 is 116. The minimum absolute atomic E-state index is 0.0236. The Balaban J connectivity index is 3.19. The Kier molecular flexibility index (Phi) is 6.08. The van der Waals surface area contributed by atoms with Crippen LogP contribution in [0.15, 0.2) is 18.3 Å². The number of halogens is 9. The molecule has 0 aliphatic heterocycles. The Hall–Kier alpha value is -1.46. The number of hydrogen-bond acceptors (Lipinski definition) is 3. The van der Waals surface area contributed by atoms with E-state index in [-0.39, 0.29) is 18.0 Å². The minimum Gasteiger partial charge on any atom is -0.292 e. The molecular formula is C13H10F9NOS. The van der Waals surface area contributed by atoms with Gasteiger partial charge in [0, 0.05) is 11.8 Å². The quantitative estimate of drug-likeness (QED) is 0.481. The van der Waals surface area contributed by atoms with Crippen LogP contribution in [0.2, 0.25) is 0 Å². The predicted octanol–water partition coefficient (Wildman–Crippen LogP) is 4.94. The minimum atomic E-state index is -6.98. The van der Waals surface area contributed by atoms with Gasteiger partial charge in [0.1, 0.15) is 5.69 Å². The van der Waals surface area contributed by atoms with E-state index in [1.165, 1.54) is 0 Å². The summed E-state index contributed by atoms with van der Waals surface area (Å²) in [5.74, 6) is -19.8. The number of carbonyl (C=O) groups excluding carboxylic acids is 1. The molecule has 0 radical (unpaired) electrons. The lowest BCUT2D eigenvalue weighted by Crippen LogP contribution is -2.59. The van der Waals surface area contributed by atoms with Crippen LogP contribution in [0.25, 0.3) is 0 Å². The zero-order valence-corrected chi connectivity index (χ0v) is 13.1. The van der Waals surface area contributed by atoms with E-state index in [9.17, 15) is 44.3 Å². The largest absolute Gasteiger partial charge is 0.460 e. The maximum absolute atomic E-state index is 13.6. The van der Waals surface area contributed by atoms with Crippen LogP contribution in [-0.2, 0) is 5.92 Å². The van der Waals surface area contributed by atoms with Crippen molar-refractivity contribution in [2.24, 2.45) is 0 Å². The Morgan fingerprint density at radius 3 is 1.96 bits per heavy atom. The fourth-order valence-corrected chi connectivity index (χ4v) is 2.11. The molecular weight excluding hydrogens is 389 g/mol. The molecule has 0 N–H and O–H groups in total. The van der Waals surface area contributed by atoms with E-state index in [4.69, 9.17) is 0 Å². The number of aromatic nitrogens is 1. The van der Waals surface area contributed by atoms with Gasteiger partial charge in [-0.2, -0.15) is 51.3 Å². The van der Waals surface area contributed by atoms with Gasteiger partial charge in [0.2, 0.25) is 0 Å². The second-order valence-corrected chi connectivity index (χ2v) is 5.99. The molecule has 0 aromatic carbocycles. The van der Waals surface area contributed by atoms with Gasteiger partial charge >= 0.3 is 23.9 Å². The van der Waals surface area contributed by atoms with Crippen LogP contribution in [0.5, 0.6) is 0 Å². The first-order valence-electron chi connectivity index (χ1n) is 6.47. The zero-order chi connectivity index (χ0) is 19.7. The smallest absolute Gasteiger partial charge is 0.292 e. The van der Waals surface area contributed by atoms with Crippen molar-refractivity contribution in [1.29, 1.82) is 0 Å². The van der Waals surface area contributed by atoms with Gasteiger partial charge in [-0.3, -0.25) is 9.78 Å². The third-order valence-electron chi connectivity index (χ3n) is 2.99. The summed E-state index contributed by atoms with van der Waals surface area (Å²) in [5, 5.41) is 0. The van der Waals surface area contributed by atoms with E-state index in [0.29, 0.717) is 11.8 Å². The Labute approximate surface area is 139 Å². The molecule has 1 heterocycles. The number of pyridine rings is 1. The van der Waals surface area contributed by atoms with Gasteiger partial charge in [0.25, 0.3) is 0 Å². The summed E-state index contributed by atoms with van der Waals surface area (Å²) in [5.41, 5.74) is -2.28. The first-order valence-corrected chi connectivity index (χ1v) is 7.63. The highest BCUT2D eigenvalue weighted by molar-refractivity contribution is 7.99. The van der Waals surface area contributed by atoms with Crippen LogP contribution < -0.4 is 0 Å². The summed E-state index contributed by atoms with van der Waals surface area (Å²) in [6.45, 7) is 1.72. The van der Waals surface area contributed by atoms with Crippen molar-refractivity contribution in [3.63, 3.8) is 0 Å². The fourth-order valence-electron chi connectivity index (χ4n) is 1.57. The Morgan fingerprint density at radius 2 is 1.56 bits per heavy atom. The highest BCUT2D eigenvalue weighted by atomic mass is 32.2. The number of thioether (sulfide) groups is 1. The van der Waals surface area contributed by atoms with Crippen molar-refractivity contribution < 1.29 is 44.3 Å². The monoisotopic (exact) mass is 399 g/mol. The molecule has 142 valence electrons. The highest BCUT2D eigenvalue weighted by Crippen LogP contribution is 2.56. The van der Waals surface area contributed by atoms with Crippen LogP contribution in [0.1, 0.15) is 23.0 Å². The van der Waals surface area contributed by atoms with Crippen molar-refractivity contribution in [2.45, 2.75) is 30.9 Å². The lowest BCUT2D eigenvalue weighted by Gasteiger charge is -2.33. The summed E-state index contributed by atoms with van der Waals surface area (Å²) in [7, 11) is 0. The van der Waals surface area contributed by atoms with E-state index in [0.717, 1.165) is 11.8 Å². The van der Waals surface area contributed by atoms with Gasteiger partial charge in [-0.1, -0.05) is 6.92 Å². The van der Waals surface area contributed by atoms with Crippen molar-refractivity contribution in [2.75, 3.05) is 11.5 Å². The highest BCUT2D eigenvalue weighted by Gasteiger charge is 2.82. The molecule has 1 aromatic heterocycles. The molecule has 0 fully saturated rings. The van der Waals surface area contributed by atoms with Gasteiger partial charge in [0.15, 0.2) is 5.78 Å². The van der Waals surface area contributed by atoms with E-state index < -0.39 is 41.0 Å². The van der Waals surface area contributed by atoms with E-state index in [1.807, 2.05) is 0 Å². The molecule has 0 unspecified atom stereocenters. The molecule has 0 aliphatic rings. The number of hydrogen-bond donors (Lipinski definition) is 0. The van der Waals surface area contributed by atoms with E-state index >= 15 is 0 Å². The molecule has 2 nitrogen and oxygen atoms in total. The second-order valence-electron chi connectivity index (χ2n) is 4.71. The summed E-state index contributed by atoms with van der Waals surface area (Å²) in [6, 6.07) is 0.723. The van der Waals surface area contributed by atoms with Gasteiger partial charge in [-0.05, 0) is 17.9 Å². The lowest BCUT2D eigenvalue weighted by atomic mass is 9.98. The molecule has 0 saturated carbocycles. The standard InChI is InChI=1S/C13H10F9NOS/c1-2-25-6-9(24)8-4-3-7(5-23-8)10(14,15)11(16,17)12(18,19)13(20,21)22/h3-5H,2,6H2,1H3. The van der Waals surface area contributed by atoms with Crippen LogP contribution in [0.3, 0.4) is 0 Å². The predicted molar refractivity (Wildman–Crippen MR) is 71.4 cm³/mol. The average Bonchev–Trinajstić information content (AvgIpc) is 2.51. The lowest BCUT2D eigenvalue weighted by molar-refractivity contribution is -0.399. The first-order chi connectivity index (χ1) is 11.2. The normalized spacial score (nSPS) is 13.8. The molecule has 0 aliphatic carbocycles. The third kappa shape index (κ3) is 3.87. The molecule has 0 atom stereocenters. The van der Waals surface area contributed by atoms with Crippen molar-refractivity contribution in [1.82, 2.24) is 4.98 Å². The van der Waals surface area contributed by atoms with Crippen LogP contribution in [-0.4, -0.2) is 40.3 Å². The summed E-state index contributed by atoms with van der Waals surface area (Å²) in [4.78, 5) is 14.7. The fraction of sp³-hybridized carbons (Fsp3) is 0.538. The van der Waals surface area contributed by atoms with Crippen LogP contribution in [0.4, 0.5) is 39.5 Å². The molecule has 0 amide bonds. The average molecular weight is 399 g/mol.